The molecule has 0 unspecified atom stereocenters. The number of hydrogen-bond acceptors (Lipinski definition) is 6. The number of amides is 3. The first-order valence-corrected chi connectivity index (χ1v) is 12.3. The van der Waals surface area contributed by atoms with Crippen LogP contribution in [0.15, 0.2) is 71.6 Å². The third-order valence-corrected chi connectivity index (χ3v) is 6.61. The van der Waals surface area contributed by atoms with E-state index in [4.69, 9.17) is 32.7 Å². The van der Waals surface area contributed by atoms with Gasteiger partial charge in [0.2, 0.25) is 5.91 Å². The maximum Gasteiger partial charge on any atom is 0.294 e. The van der Waals surface area contributed by atoms with E-state index in [1.807, 2.05) is 6.07 Å². The second-order valence-corrected chi connectivity index (χ2v) is 9.45. The topological polar surface area (TPSA) is 84.9 Å². The lowest BCUT2D eigenvalue weighted by Crippen LogP contribution is -2.36. The summed E-state index contributed by atoms with van der Waals surface area (Å²) in [6.45, 7) is -0.210. The minimum Gasteiger partial charge on any atom is -0.493 e. The number of carbonyl (C=O) groups is 3. The van der Waals surface area contributed by atoms with Gasteiger partial charge in [0.05, 0.1) is 12.0 Å². The number of halogens is 2. The quantitative estimate of drug-likeness (QED) is 0.338. The van der Waals surface area contributed by atoms with E-state index in [9.17, 15) is 14.4 Å². The van der Waals surface area contributed by atoms with Crippen LogP contribution in [0, 0.1) is 0 Å². The zero-order chi connectivity index (χ0) is 25.7. The molecule has 0 aliphatic carbocycles. The molecule has 1 heterocycles. The SMILES string of the molecule is COc1ccc(/C=C2\SC(=O)N(CC(=O)Nc3ccccc3)C2=O)cc1OCc1ccc(Cl)cc1Cl. The fourth-order valence-corrected chi connectivity index (χ4v) is 4.64. The van der Waals surface area contributed by atoms with Crippen LogP contribution in [0.1, 0.15) is 11.1 Å². The van der Waals surface area contributed by atoms with E-state index in [2.05, 4.69) is 5.32 Å². The highest BCUT2D eigenvalue weighted by Crippen LogP contribution is 2.35. The summed E-state index contributed by atoms with van der Waals surface area (Å²) in [5, 5.41) is 3.15. The van der Waals surface area contributed by atoms with Crippen molar-refractivity contribution in [3.8, 4) is 11.5 Å². The fraction of sp³-hybridized carbons (Fsp3) is 0.115. The molecule has 1 saturated heterocycles. The highest BCUT2D eigenvalue weighted by atomic mass is 35.5. The summed E-state index contributed by atoms with van der Waals surface area (Å²) in [5.74, 6) is -0.0909. The maximum atomic E-state index is 12.8. The molecule has 0 radical (unpaired) electrons. The first kappa shape index (κ1) is 25.6. The third kappa shape index (κ3) is 6.20. The van der Waals surface area contributed by atoms with Gasteiger partial charge in [0.1, 0.15) is 13.2 Å². The van der Waals surface area contributed by atoms with Gasteiger partial charge in [-0.2, -0.15) is 0 Å². The molecule has 0 aromatic heterocycles. The molecule has 4 rings (SSSR count). The number of thioether (sulfide) groups is 1. The molecule has 1 N–H and O–H groups in total. The smallest absolute Gasteiger partial charge is 0.294 e. The molecule has 1 aliphatic heterocycles. The Labute approximate surface area is 222 Å². The van der Waals surface area contributed by atoms with Gasteiger partial charge in [-0.25, -0.2) is 0 Å². The lowest BCUT2D eigenvalue weighted by Gasteiger charge is -2.13. The van der Waals surface area contributed by atoms with Gasteiger partial charge >= 0.3 is 0 Å². The molecule has 10 heteroatoms. The largest absolute Gasteiger partial charge is 0.493 e. The highest BCUT2D eigenvalue weighted by Gasteiger charge is 2.36. The summed E-state index contributed by atoms with van der Waals surface area (Å²) < 4.78 is 11.3. The number of benzene rings is 3. The zero-order valence-corrected chi connectivity index (χ0v) is 21.3. The van der Waals surface area contributed by atoms with Crippen LogP contribution >= 0.6 is 35.0 Å². The van der Waals surface area contributed by atoms with Crippen LogP contribution in [0.25, 0.3) is 6.08 Å². The number of hydrogen-bond donors (Lipinski definition) is 1. The molecule has 184 valence electrons. The van der Waals surface area contributed by atoms with Crippen molar-refractivity contribution in [1.82, 2.24) is 4.90 Å². The van der Waals surface area contributed by atoms with E-state index in [1.54, 1.807) is 66.7 Å². The molecule has 36 heavy (non-hydrogen) atoms. The van der Waals surface area contributed by atoms with Crippen LogP contribution in [-0.4, -0.2) is 35.6 Å². The second-order valence-electron chi connectivity index (χ2n) is 7.62. The number of rotatable bonds is 8. The molecule has 0 saturated carbocycles. The van der Waals surface area contributed by atoms with Gasteiger partial charge in [0.15, 0.2) is 11.5 Å². The Hall–Kier alpha value is -3.46. The second kappa shape index (κ2) is 11.5. The molecular weight excluding hydrogens is 523 g/mol. The first-order chi connectivity index (χ1) is 17.3. The average Bonchev–Trinajstić information content (AvgIpc) is 3.11. The Balaban J connectivity index is 1.47. The predicted octanol–water partition coefficient (Wildman–Crippen LogP) is 6.26. The van der Waals surface area contributed by atoms with Gasteiger partial charge in [-0.15, -0.1) is 0 Å². The Bertz CT molecular complexity index is 1350. The van der Waals surface area contributed by atoms with Gasteiger partial charge in [0.25, 0.3) is 11.1 Å². The van der Waals surface area contributed by atoms with Crippen LogP contribution in [0.3, 0.4) is 0 Å². The summed E-state index contributed by atoms with van der Waals surface area (Å²) in [6.07, 6.45) is 1.57. The monoisotopic (exact) mass is 542 g/mol. The summed E-state index contributed by atoms with van der Waals surface area (Å²) in [4.78, 5) is 38.7. The van der Waals surface area contributed by atoms with Crippen LogP contribution in [0.4, 0.5) is 10.5 Å². The van der Waals surface area contributed by atoms with E-state index in [1.165, 1.54) is 7.11 Å². The number of para-hydroxylation sites is 1. The number of anilines is 1. The molecule has 1 aliphatic rings. The van der Waals surface area contributed by atoms with Gasteiger partial charge in [0, 0.05) is 21.3 Å². The summed E-state index contributed by atoms with van der Waals surface area (Å²) >= 11 is 12.9. The van der Waals surface area contributed by atoms with Crippen molar-refractivity contribution in [3.63, 3.8) is 0 Å². The minimum atomic E-state index is -0.542. The summed E-state index contributed by atoms with van der Waals surface area (Å²) in [7, 11) is 1.52. The standard InChI is InChI=1S/C26H20Cl2N2O5S/c1-34-21-10-7-16(11-22(21)35-15-17-8-9-18(27)13-20(17)28)12-23-25(32)30(26(33)36-23)14-24(31)29-19-5-3-2-4-6-19/h2-13H,14-15H2,1H3,(H,29,31)/b23-12-. The van der Waals surface area contributed by atoms with E-state index >= 15 is 0 Å². The fourth-order valence-electron chi connectivity index (χ4n) is 3.34. The van der Waals surface area contributed by atoms with Crippen molar-refractivity contribution in [1.29, 1.82) is 0 Å². The lowest BCUT2D eigenvalue weighted by molar-refractivity contribution is -0.127. The van der Waals surface area contributed by atoms with E-state index in [0.717, 1.165) is 22.2 Å². The number of nitrogens with zero attached hydrogens (tertiary/aromatic N) is 1. The Kier molecular flexibility index (Phi) is 8.20. The van der Waals surface area contributed by atoms with Gasteiger partial charge < -0.3 is 14.8 Å². The molecule has 0 spiro atoms. The summed E-state index contributed by atoms with van der Waals surface area (Å²) in [6, 6.07) is 19.0. The molecular formula is C26H20Cl2N2O5S. The third-order valence-electron chi connectivity index (χ3n) is 5.12. The normalized spacial score (nSPS) is 14.3. The van der Waals surface area contributed by atoms with E-state index < -0.39 is 17.1 Å². The van der Waals surface area contributed by atoms with Crippen molar-refractivity contribution in [3.05, 3.63) is 92.8 Å². The highest BCUT2D eigenvalue weighted by molar-refractivity contribution is 8.18. The molecule has 7 nitrogen and oxygen atoms in total. The van der Waals surface area contributed by atoms with Crippen LogP contribution in [-0.2, 0) is 16.2 Å². The van der Waals surface area contributed by atoms with E-state index in [-0.39, 0.29) is 18.1 Å². The van der Waals surface area contributed by atoms with Crippen molar-refractivity contribution in [2.75, 3.05) is 19.0 Å². The van der Waals surface area contributed by atoms with Crippen LogP contribution in [0.5, 0.6) is 11.5 Å². The molecule has 3 amide bonds. The van der Waals surface area contributed by atoms with Crippen molar-refractivity contribution in [2.45, 2.75) is 6.61 Å². The van der Waals surface area contributed by atoms with Gasteiger partial charge in [-0.1, -0.05) is 53.5 Å². The number of nitrogens with one attached hydrogen (secondary N) is 1. The molecule has 0 atom stereocenters. The number of carbonyl (C=O) groups excluding carboxylic acids is 3. The number of imide groups is 1. The van der Waals surface area contributed by atoms with Crippen molar-refractivity contribution in [2.24, 2.45) is 0 Å². The Morgan fingerprint density at radius 3 is 2.53 bits per heavy atom. The zero-order valence-electron chi connectivity index (χ0n) is 19.0. The average molecular weight is 543 g/mol. The van der Waals surface area contributed by atoms with Gasteiger partial charge in [-0.3, -0.25) is 19.3 Å². The van der Waals surface area contributed by atoms with Crippen LogP contribution < -0.4 is 14.8 Å². The Morgan fingerprint density at radius 2 is 1.81 bits per heavy atom. The Morgan fingerprint density at radius 1 is 1.03 bits per heavy atom. The molecule has 0 bridgehead atoms. The van der Waals surface area contributed by atoms with Gasteiger partial charge in [-0.05, 0) is 59.8 Å². The number of ether oxygens (including phenoxy) is 2. The molecule has 1 fully saturated rings. The summed E-state index contributed by atoms with van der Waals surface area (Å²) in [5.41, 5.74) is 1.94. The van der Waals surface area contributed by atoms with Crippen molar-refractivity contribution >= 4 is 63.8 Å². The first-order valence-electron chi connectivity index (χ1n) is 10.7. The lowest BCUT2D eigenvalue weighted by atomic mass is 10.1. The molecule has 3 aromatic carbocycles. The number of methoxy groups -OCH3 is 1. The van der Waals surface area contributed by atoms with Crippen LogP contribution in [0.2, 0.25) is 10.0 Å². The van der Waals surface area contributed by atoms with Crippen molar-refractivity contribution < 1.29 is 23.9 Å². The maximum absolute atomic E-state index is 12.8. The van der Waals surface area contributed by atoms with E-state index in [0.29, 0.717) is 32.8 Å². The minimum absolute atomic E-state index is 0.170. The predicted molar refractivity (Wildman–Crippen MR) is 142 cm³/mol. The molecule has 3 aromatic rings.